The van der Waals surface area contributed by atoms with Crippen molar-refractivity contribution in [1.82, 2.24) is 15.0 Å². The molecule has 2 aromatic heterocycles. The average Bonchev–Trinajstić information content (AvgIpc) is 2.97. The number of methoxy groups -OCH3 is 1. The quantitative estimate of drug-likeness (QED) is 0.211. The second-order valence-corrected chi connectivity index (χ2v) is 8.96. The van der Waals surface area contributed by atoms with Gasteiger partial charge in [0, 0.05) is 28.4 Å². The van der Waals surface area contributed by atoms with Crippen LogP contribution in [0.5, 0.6) is 11.6 Å². The van der Waals surface area contributed by atoms with Gasteiger partial charge < -0.3 is 19.9 Å². The number of aryl methyl sites for hydroxylation is 1. The highest BCUT2D eigenvalue weighted by molar-refractivity contribution is 6.06. The molecule has 2 heterocycles. The molecule has 0 aliphatic rings. The summed E-state index contributed by atoms with van der Waals surface area (Å²) in [5.74, 6) is -0.602. The summed E-state index contributed by atoms with van der Waals surface area (Å²) in [5.41, 5.74) is 4.31. The maximum absolute atomic E-state index is 14.4. The fourth-order valence-corrected chi connectivity index (χ4v) is 4.19. The van der Waals surface area contributed by atoms with Gasteiger partial charge in [0.2, 0.25) is 5.88 Å². The van der Waals surface area contributed by atoms with Crippen molar-refractivity contribution in [3.63, 3.8) is 0 Å². The van der Waals surface area contributed by atoms with Crippen molar-refractivity contribution in [2.45, 2.75) is 13.5 Å². The molecule has 5 aromatic rings. The van der Waals surface area contributed by atoms with Crippen LogP contribution in [0.3, 0.4) is 0 Å². The lowest BCUT2D eigenvalue weighted by Crippen LogP contribution is -2.15. The highest BCUT2D eigenvalue weighted by atomic mass is 19.1. The van der Waals surface area contributed by atoms with E-state index in [2.05, 4.69) is 25.6 Å². The van der Waals surface area contributed by atoms with Crippen LogP contribution in [0.15, 0.2) is 79.3 Å². The van der Waals surface area contributed by atoms with Crippen LogP contribution in [-0.4, -0.2) is 39.2 Å². The van der Waals surface area contributed by atoms with E-state index in [0.29, 0.717) is 33.6 Å². The Morgan fingerprint density at radius 2 is 1.66 bits per heavy atom. The van der Waals surface area contributed by atoms with Gasteiger partial charge in [-0.2, -0.15) is 0 Å². The second-order valence-electron chi connectivity index (χ2n) is 8.96. The van der Waals surface area contributed by atoms with Gasteiger partial charge >= 0.3 is 6.09 Å². The van der Waals surface area contributed by atoms with Crippen LogP contribution >= 0.6 is 0 Å². The number of amides is 2. The number of nitrogens with zero attached hydrogens (tertiary/aromatic N) is 3. The van der Waals surface area contributed by atoms with E-state index in [4.69, 9.17) is 14.6 Å². The summed E-state index contributed by atoms with van der Waals surface area (Å²) in [4.78, 5) is 36.5. The zero-order valence-electron chi connectivity index (χ0n) is 22.0. The van der Waals surface area contributed by atoms with Crippen LogP contribution in [-0.2, 0) is 6.61 Å². The van der Waals surface area contributed by atoms with E-state index in [9.17, 15) is 14.0 Å². The highest BCUT2D eigenvalue weighted by Crippen LogP contribution is 2.34. The molecule has 0 atom stereocenters. The van der Waals surface area contributed by atoms with Crippen molar-refractivity contribution >= 4 is 34.3 Å². The molecule has 206 valence electrons. The van der Waals surface area contributed by atoms with Crippen LogP contribution in [0.1, 0.15) is 21.6 Å². The number of carboxylic acid groups (broad SMARTS) is 1. The van der Waals surface area contributed by atoms with Gasteiger partial charge in [-0.05, 0) is 60.5 Å². The molecule has 5 rings (SSSR count). The zero-order valence-corrected chi connectivity index (χ0v) is 22.0. The number of ether oxygens (including phenoxy) is 2. The minimum absolute atomic E-state index is 0.0937. The number of carbonyl (C=O) groups is 2. The normalized spacial score (nSPS) is 10.7. The van der Waals surface area contributed by atoms with Crippen molar-refractivity contribution in [3.8, 4) is 22.8 Å². The third kappa shape index (κ3) is 6.04. The first-order chi connectivity index (χ1) is 19.8. The lowest BCUT2D eigenvalue weighted by Gasteiger charge is -2.13. The molecule has 11 heteroatoms. The maximum Gasteiger partial charge on any atom is 0.409 e. The monoisotopic (exact) mass is 553 g/mol. The number of carbonyl (C=O) groups excluding carboxylic acids is 1. The summed E-state index contributed by atoms with van der Waals surface area (Å²) in [7, 11) is 1.35. The first-order valence-electron chi connectivity index (χ1n) is 12.4. The Hall–Kier alpha value is -5.58. The second kappa shape index (κ2) is 11.7. The van der Waals surface area contributed by atoms with Crippen molar-refractivity contribution in [3.05, 3.63) is 102 Å². The molecule has 0 aliphatic heterocycles. The van der Waals surface area contributed by atoms with Crippen LogP contribution in [0.2, 0.25) is 0 Å². The van der Waals surface area contributed by atoms with E-state index in [-0.39, 0.29) is 18.2 Å². The van der Waals surface area contributed by atoms with E-state index in [1.165, 1.54) is 25.7 Å². The van der Waals surface area contributed by atoms with Gasteiger partial charge in [0.05, 0.1) is 18.5 Å². The lowest BCUT2D eigenvalue weighted by atomic mass is 10.0. The topological polar surface area (TPSA) is 136 Å². The molecule has 3 aromatic carbocycles. The summed E-state index contributed by atoms with van der Waals surface area (Å²) < 4.78 is 25.5. The molecule has 0 saturated heterocycles. The molecule has 0 fully saturated rings. The van der Waals surface area contributed by atoms with Gasteiger partial charge in [0.15, 0.2) is 5.82 Å². The van der Waals surface area contributed by atoms with Gasteiger partial charge in [0.25, 0.3) is 5.91 Å². The van der Waals surface area contributed by atoms with E-state index >= 15 is 0 Å². The van der Waals surface area contributed by atoms with Gasteiger partial charge in [-0.1, -0.05) is 24.3 Å². The summed E-state index contributed by atoms with van der Waals surface area (Å²) in [6.07, 6.45) is 1.74. The smallest absolute Gasteiger partial charge is 0.409 e. The Morgan fingerprint density at radius 3 is 2.34 bits per heavy atom. The molecule has 0 spiro atoms. The Balaban J connectivity index is 1.35. The maximum atomic E-state index is 14.4. The van der Waals surface area contributed by atoms with Crippen molar-refractivity contribution in [1.29, 1.82) is 0 Å². The Morgan fingerprint density at radius 1 is 0.927 bits per heavy atom. The SMILES string of the molecule is COc1ncc(-c2cc(OCc3ccc(C(=O)Nc4ccccc4NC(=O)O)cc3)c3ncnc(C)c3c2)cc1F. The van der Waals surface area contributed by atoms with E-state index in [1.807, 2.05) is 13.0 Å². The van der Waals surface area contributed by atoms with Crippen molar-refractivity contribution < 1.29 is 28.6 Å². The fourth-order valence-electron chi connectivity index (χ4n) is 4.19. The van der Waals surface area contributed by atoms with Crippen LogP contribution < -0.4 is 20.1 Å². The average molecular weight is 554 g/mol. The standard InChI is InChI=1S/C30H24FN5O5/c1-17-22-11-20(21-12-23(31)29(40-2)32-14-21)13-26(27(22)34-16-33-17)41-15-18-7-9-19(10-8-18)28(37)35-24-5-3-4-6-25(24)36-30(38)39/h3-14,16,36H,15H2,1-2H3,(H,35,37)(H,38,39). The number of hydrogen-bond acceptors (Lipinski definition) is 7. The summed E-state index contributed by atoms with van der Waals surface area (Å²) in [5, 5.41) is 14.7. The van der Waals surface area contributed by atoms with Gasteiger partial charge in [0.1, 0.15) is 24.2 Å². The largest absolute Gasteiger partial charge is 0.487 e. The number of rotatable bonds is 8. The molecule has 41 heavy (non-hydrogen) atoms. The molecule has 0 saturated carbocycles. The predicted molar refractivity (Wildman–Crippen MR) is 151 cm³/mol. The van der Waals surface area contributed by atoms with Crippen molar-refractivity contribution in [2.24, 2.45) is 0 Å². The number of pyridine rings is 1. The van der Waals surface area contributed by atoms with E-state index < -0.39 is 17.8 Å². The number of halogens is 1. The van der Waals surface area contributed by atoms with Crippen LogP contribution in [0.25, 0.3) is 22.0 Å². The first kappa shape index (κ1) is 27.0. The third-order valence-electron chi connectivity index (χ3n) is 6.26. The number of para-hydroxylation sites is 2. The third-order valence-corrected chi connectivity index (χ3v) is 6.26. The van der Waals surface area contributed by atoms with Crippen LogP contribution in [0.4, 0.5) is 20.6 Å². The van der Waals surface area contributed by atoms with Crippen LogP contribution in [0, 0.1) is 12.7 Å². The highest BCUT2D eigenvalue weighted by Gasteiger charge is 2.14. The summed E-state index contributed by atoms with van der Waals surface area (Å²) in [6, 6.07) is 18.3. The first-order valence-corrected chi connectivity index (χ1v) is 12.4. The molecule has 10 nitrogen and oxygen atoms in total. The summed E-state index contributed by atoms with van der Waals surface area (Å²) >= 11 is 0. The fraction of sp³-hybridized carbons (Fsp3) is 0.100. The molecular weight excluding hydrogens is 529 g/mol. The number of fused-ring (bicyclic) bond motifs is 1. The summed E-state index contributed by atoms with van der Waals surface area (Å²) in [6.45, 7) is 2.02. The number of hydrogen-bond donors (Lipinski definition) is 3. The number of benzene rings is 3. The molecular formula is C30H24FN5O5. The minimum atomic E-state index is -1.23. The number of anilines is 2. The molecule has 0 radical (unpaired) electrons. The Labute approximate surface area is 233 Å². The van der Waals surface area contributed by atoms with E-state index in [1.54, 1.807) is 54.6 Å². The number of aromatic nitrogens is 3. The van der Waals surface area contributed by atoms with Gasteiger partial charge in [-0.15, -0.1) is 0 Å². The lowest BCUT2D eigenvalue weighted by molar-refractivity contribution is 0.102. The molecule has 2 amide bonds. The molecule has 3 N–H and O–H groups in total. The van der Waals surface area contributed by atoms with E-state index in [0.717, 1.165) is 16.6 Å². The predicted octanol–water partition coefficient (Wildman–Crippen LogP) is 6.07. The van der Waals surface area contributed by atoms with Gasteiger partial charge in [-0.3, -0.25) is 10.1 Å². The Kier molecular flexibility index (Phi) is 7.68. The minimum Gasteiger partial charge on any atom is -0.487 e. The molecule has 0 aliphatic carbocycles. The molecule has 0 unspecified atom stereocenters. The van der Waals surface area contributed by atoms with Gasteiger partial charge in [-0.25, -0.2) is 24.1 Å². The number of nitrogens with one attached hydrogen (secondary N) is 2. The molecule has 0 bridgehead atoms. The zero-order chi connectivity index (χ0) is 28.9. The Bertz CT molecular complexity index is 1760. The van der Waals surface area contributed by atoms with Crippen molar-refractivity contribution in [2.75, 3.05) is 17.7 Å².